The van der Waals surface area contributed by atoms with E-state index in [4.69, 9.17) is 0 Å². The van der Waals surface area contributed by atoms with Gasteiger partial charge in [-0.3, -0.25) is 14.5 Å². The summed E-state index contributed by atoms with van der Waals surface area (Å²) in [6, 6.07) is 0.331. The molecule has 2 fully saturated rings. The summed E-state index contributed by atoms with van der Waals surface area (Å²) in [5, 5.41) is 3.06. The average Bonchev–Trinajstić information content (AvgIpc) is 3.28. The molecule has 2 amide bonds. The summed E-state index contributed by atoms with van der Waals surface area (Å²) in [5.41, 5.74) is 0. The summed E-state index contributed by atoms with van der Waals surface area (Å²) in [6.45, 7) is 9.35. The maximum absolute atomic E-state index is 12.1. The normalized spacial score (nSPS) is 21.4. The first-order valence-corrected chi connectivity index (χ1v) is 8.29. The second kappa shape index (κ2) is 7.25. The van der Waals surface area contributed by atoms with E-state index in [1.54, 1.807) is 0 Å². The zero-order valence-corrected chi connectivity index (χ0v) is 13.6. The van der Waals surface area contributed by atoms with E-state index < -0.39 is 0 Å². The van der Waals surface area contributed by atoms with E-state index in [2.05, 4.69) is 24.1 Å². The van der Waals surface area contributed by atoms with Gasteiger partial charge in [-0.25, -0.2) is 0 Å². The Morgan fingerprint density at radius 2 is 1.71 bits per heavy atom. The second-order valence-corrected chi connectivity index (χ2v) is 6.81. The highest BCUT2D eigenvalue weighted by Crippen LogP contribution is 2.19. The third-order valence-corrected chi connectivity index (χ3v) is 4.45. The Kier molecular flexibility index (Phi) is 5.62. The molecular weight excluding hydrogens is 266 g/mol. The zero-order chi connectivity index (χ0) is 15.4. The van der Waals surface area contributed by atoms with E-state index in [-0.39, 0.29) is 17.9 Å². The average molecular weight is 295 g/mol. The number of hydrogen-bond donors (Lipinski definition) is 1. The van der Waals surface area contributed by atoms with Gasteiger partial charge in [0, 0.05) is 38.6 Å². The van der Waals surface area contributed by atoms with Gasteiger partial charge in [0.1, 0.15) is 0 Å². The lowest BCUT2D eigenvalue weighted by Crippen LogP contribution is -2.55. The van der Waals surface area contributed by atoms with Gasteiger partial charge in [0.15, 0.2) is 0 Å². The molecular formula is C16H29N3O2. The minimum absolute atomic E-state index is 0.0847. The molecule has 0 aromatic heterocycles. The van der Waals surface area contributed by atoms with E-state index in [0.29, 0.717) is 18.4 Å². The van der Waals surface area contributed by atoms with E-state index in [0.717, 1.165) is 45.4 Å². The number of carbonyl (C=O) groups is 2. The first-order chi connectivity index (χ1) is 9.97. The lowest BCUT2D eigenvalue weighted by Gasteiger charge is -2.37. The Hall–Kier alpha value is -1.10. The van der Waals surface area contributed by atoms with Crippen molar-refractivity contribution in [3.63, 3.8) is 0 Å². The third-order valence-electron chi connectivity index (χ3n) is 4.45. The summed E-state index contributed by atoms with van der Waals surface area (Å²) in [5.74, 6) is 0.969. The minimum atomic E-state index is -0.0847. The lowest BCUT2D eigenvalue weighted by molar-refractivity contribution is -0.134. The molecule has 0 aromatic rings. The van der Waals surface area contributed by atoms with Crippen molar-refractivity contribution in [1.29, 1.82) is 0 Å². The molecule has 2 rings (SSSR count). The van der Waals surface area contributed by atoms with Gasteiger partial charge in [-0.2, -0.15) is 0 Å². The van der Waals surface area contributed by atoms with E-state index >= 15 is 0 Å². The molecule has 21 heavy (non-hydrogen) atoms. The van der Waals surface area contributed by atoms with Crippen molar-refractivity contribution in [2.45, 2.75) is 58.5 Å². The number of nitrogens with one attached hydrogen (secondary N) is 1. The van der Waals surface area contributed by atoms with E-state index in [1.807, 2.05) is 11.8 Å². The quantitative estimate of drug-likeness (QED) is 0.802. The van der Waals surface area contributed by atoms with Crippen LogP contribution in [0, 0.1) is 5.92 Å². The maximum atomic E-state index is 12.1. The summed E-state index contributed by atoms with van der Waals surface area (Å²) >= 11 is 0. The predicted octanol–water partition coefficient (Wildman–Crippen LogP) is 1.23. The molecule has 5 heteroatoms. The topological polar surface area (TPSA) is 52.7 Å². The molecule has 0 spiro atoms. The van der Waals surface area contributed by atoms with Crippen LogP contribution in [0.5, 0.6) is 0 Å². The van der Waals surface area contributed by atoms with Crippen LogP contribution >= 0.6 is 0 Å². The van der Waals surface area contributed by atoms with Crippen LogP contribution in [0.2, 0.25) is 0 Å². The van der Waals surface area contributed by atoms with Gasteiger partial charge in [0.2, 0.25) is 11.8 Å². The molecule has 1 aliphatic carbocycles. The monoisotopic (exact) mass is 295 g/mol. The smallest absolute Gasteiger partial charge is 0.237 e. The number of rotatable bonds is 6. The number of nitrogens with zero attached hydrogens (tertiary/aromatic N) is 2. The zero-order valence-electron chi connectivity index (χ0n) is 13.6. The number of piperazine rings is 1. The van der Waals surface area contributed by atoms with Crippen LogP contribution < -0.4 is 5.32 Å². The molecule has 1 aliphatic heterocycles. The number of amides is 2. The van der Waals surface area contributed by atoms with Gasteiger partial charge in [0.05, 0.1) is 6.04 Å². The van der Waals surface area contributed by atoms with Crippen molar-refractivity contribution < 1.29 is 9.59 Å². The molecule has 1 heterocycles. The number of hydrogen-bond acceptors (Lipinski definition) is 3. The molecule has 1 saturated carbocycles. The largest absolute Gasteiger partial charge is 0.352 e. The molecule has 1 unspecified atom stereocenters. The fourth-order valence-electron chi connectivity index (χ4n) is 2.64. The summed E-state index contributed by atoms with van der Waals surface area (Å²) in [4.78, 5) is 28.3. The molecule has 0 aromatic carbocycles. The highest BCUT2D eigenvalue weighted by molar-refractivity contribution is 5.82. The Morgan fingerprint density at radius 1 is 1.10 bits per heavy atom. The Morgan fingerprint density at radius 3 is 2.24 bits per heavy atom. The molecule has 2 aliphatic rings. The summed E-state index contributed by atoms with van der Waals surface area (Å²) < 4.78 is 0. The predicted molar refractivity (Wildman–Crippen MR) is 82.9 cm³/mol. The standard InChI is InChI=1S/C16H29N3O2/c1-12(2)4-7-15(20)19-10-8-18(9-11-19)13(3)16(21)17-14-5-6-14/h12-14H,4-11H2,1-3H3,(H,17,21). The first-order valence-electron chi connectivity index (χ1n) is 8.29. The third kappa shape index (κ3) is 4.99. The van der Waals surface area contributed by atoms with Crippen LogP contribution in [0.25, 0.3) is 0 Å². The molecule has 120 valence electrons. The molecule has 1 saturated heterocycles. The molecule has 1 atom stereocenters. The van der Waals surface area contributed by atoms with Crippen LogP contribution in [0.3, 0.4) is 0 Å². The molecule has 0 radical (unpaired) electrons. The van der Waals surface area contributed by atoms with Gasteiger partial charge >= 0.3 is 0 Å². The van der Waals surface area contributed by atoms with E-state index in [9.17, 15) is 9.59 Å². The van der Waals surface area contributed by atoms with Gasteiger partial charge < -0.3 is 10.2 Å². The van der Waals surface area contributed by atoms with Crippen molar-refractivity contribution >= 4 is 11.8 Å². The van der Waals surface area contributed by atoms with Gasteiger partial charge in [-0.15, -0.1) is 0 Å². The molecule has 5 nitrogen and oxygen atoms in total. The lowest BCUT2D eigenvalue weighted by atomic mass is 10.1. The maximum Gasteiger partial charge on any atom is 0.237 e. The van der Waals surface area contributed by atoms with Gasteiger partial charge in [-0.05, 0) is 32.1 Å². The fourth-order valence-corrected chi connectivity index (χ4v) is 2.64. The van der Waals surface area contributed by atoms with Crippen molar-refractivity contribution in [2.24, 2.45) is 5.92 Å². The minimum Gasteiger partial charge on any atom is -0.352 e. The van der Waals surface area contributed by atoms with Gasteiger partial charge in [0.25, 0.3) is 0 Å². The van der Waals surface area contributed by atoms with Crippen LogP contribution in [0.4, 0.5) is 0 Å². The molecule has 0 bridgehead atoms. The van der Waals surface area contributed by atoms with Crippen LogP contribution in [-0.2, 0) is 9.59 Å². The Bertz CT molecular complexity index is 372. The van der Waals surface area contributed by atoms with Crippen molar-refractivity contribution in [3.8, 4) is 0 Å². The molecule has 1 N–H and O–H groups in total. The van der Waals surface area contributed by atoms with E-state index in [1.165, 1.54) is 0 Å². The summed E-state index contributed by atoms with van der Waals surface area (Å²) in [7, 11) is 0. The highest BCUT2D eigenvalue weighted by atomic mass is 16.2. The van der Waals surface area contributed by atoms with Crippen molar-refractivity contribution in [2.75, 3.05) is 26.2 Å². The SMILES string of the molecule is CC(C)CCC(=O)N1CCN(C(C)C(=O)NC2CC2)CC1. The Labute approximate surface area is 128 Å². The number of carbonyl (C=O) groups excluding carboxylic acids is 2. The van der Waals surface area contributed by atoms with Crippen molar-refractivity contribution in [3.05, 3.63) is 0 Å². The fraction of sp³-hybridized carbons (Fsp3) is 0.875. The van der Waals surface area contributed by atoms with Gasteiger partial charge in [-0.1, -0.05) is 13.8 Å². The van der Waals surface area contributed by atoms with Crippen LogP contribution in [0.15, 0.2) is 0 Å². The van der Waals surface area contributed by atoms with Crippen LogP contribution in [-0.4, -0.2) is 59.9 Å². The Balaban J connectivity index is 1.71. The van der Waals surface area contributed by atoms with Crippen molar-refractivity contribution in [1.82, 2.24) is 15.1 Å². The second-order valence-electron chi connectivity index (χ2n) is 6.81. The highest BCUT2D eigenvalue weighted by Gasteiger charge is 2.30. The summed E-state index contributed by atoms with van der Waals surface area (Å²) in [6.07, 6.45) is 3.85. The first kappa shape index (κ1) is 16.3. The van der Waals surface area contributed by atoms with Crippen LogP contribution in [0.1, 0.15) is 46.5 Å².